The van der Waals surface area contributed by atoms with Gasteiger partial charge >= 0.3 is 0 Å². The minimum Gasteiger partial charge on any atom is -0.364 e. The van der Waals surface area contributed by atoms with Crippen molar-refractivity contribution >= 4 is 5.65 Å². The Balaban J connectivity index is 1.72. The molecule has 0 amide bonds. The lowest BCUT2D eigenvalue weighted by atomic mass is 10.0. The second kappa shape index (κ2) is 7.02. The molecule has 2 aromatic carbocycles. The third kappa shape index (κ3) is 3.57. The summed E-state index contributed by atoms with van der Waals surface area (Å²) in [7, 11) is 0. The van der Waals surface area contributed by atoms with Crippen molar-refractivity contribution < 1.29 is 9.50 Å². The van der Waals surface area contributed by atoms with Crippen molar-refractivity contribution in [3.05, 3.63) is 84.2 Å². The Morgan fingerprint density at radius 1 is 1.00 bits per heavy atom. The van der Waals surface area contributed by atoms with Gasteiger partial charge in [0.15, 0.2) is 6.36 Å². The maximum Gasteiger partial charge on any atom is 0.200 e. The molecule has 5 heteroatoms. The second-order valence-electron chi connectivity index (χ2n) is 6.34. The predicted molar refractivity (Wildman–Crippen MR) is 102 cm³/mol. The first-order valence-corrected chi connectivity index (χ1v) is 8.53. The zero-order valence-corrected chi connectivity index (χ0v) is 14.4. The van der Waals surface area contributed by atoms with Gasteiger partial charge in [0.25, 0.3) is 0 Å². The summed E-state index contributed by atoms with van der Waals surface area (Å²) in [5.41, 5.74) is 5.71. The van der Waals surface area contributed by atoms with Crippen molar-refractivity contribution in [2.45, 2.75) is 12.8 Å². The highest BCUT2D eigenvalue weighted by Crippen LogP contribution is 2.25. The predicted octanol–water partition coefficient (Wildman–Crippen LogP) is 4.37. The van der Waals surface area contributed by atoms with E-state index in [9.17, 15) is 4.39 Å². The van der Waals surface area contributed by atoms with E-state index in [2.05, 4.69) is 11.1 Å². The Morgan fingerprint density at radius 3 is 2.63 bits per heavy atom. The van der Waals surface area contributed by atoms with Gasteiger partial charge < -0.3 is 9.51 Å². The molecule has 1 unspecified atom stereocenters. The maximum absolute atomic E-state index is 12.9. The number of pyridine rings is 1. The van der Waals surface area contributed by atoms with Crippen molar-refractivity contribution in [2.75, 3.05) is 0 Å². The van der Waals surface area contributed by atoms with Crippen LogP contribution in [0.2, 0.25) is 0 Å². The summed E-state index contributed by atoms with van der Waals surface area (Å²) in [5.74, 6) is 0. The number of aromatic nitrogens is 2. The highest BCUT2D eigenvalue weighted by molar-refractivity contribution is 5.68. The molecule has 132 valence electrons. The summed E-state index contributed by atoms with van der Waals surface area (Å²) in [6.45, 7) is 0. The molecule has 0 aliphatic heterocycles. The molecule has 0 fully saturated rings. The third-order valence-electron chi connectivity index (χ3n) is 4.40. The molecule has 0 saturated heterocycles. The number of imidazole rings is 1. The van der Waals surface area contributed by atoms with Gasteiger partial charge in [0.2, 0.25) is 0 Å². The minimum atomic E-state index is -1.86. The van der Waals surface area contributed by atoms with Crippen LogP contribution in [0.3, 0.4) is 0 Å². The Hall–Kier alpha value is -3.49. The van der Waals surface area contributed by atoms with Gasteiger partial charge in [-0.25, -0.2) is 9.37 Å². The van der Waals surface area contributed by atoms with Crippen LogP contribution in [-0.2, 0) is 6.42 Å². The Morgan fingerprint density at radius 2 is 1.81 bits per heavy atom. The van der Waals surface area contributed by atoms with E-state index >= 15 is 0 Å². The molecule has 0 radical (unpaired) electrons. The summed E-state index contributed by atoms with van der Waals surface area (Å²) in [4.78, 5) is 4.62. The number of hydrogen-bond donors (Lipinski definition) is 1. The molecule has 4 nitrogen and oxygen atoms in total. The van der Waals surface area contributed by atoms with Crippen LogP contribution in [0.15, 0.2) is 73.1 Å². The normalized spacial score (nSPS) is 12.0. The summed E-state index contributed by atoms with van der Waals surface area (Å²) in [6.07, 6.45) is 2.00. The number of aliphatic hydroxyl groups excluding tert-OH is 1. The molecule has 0 aliphatic rings. The second-order valence-corrected chi connectivity index (χ2v) is 6.34. The average Bonchev–Trinajstić information content (AvgIpc) is 3.11. The number of rotatable bonds is 4. The van der Waals surface area contributed by atoms with Crippen molar-refractivity contribution in [3.8, 4) is 28.5 Å². The molecular weight excluding hydrogens is 341 g/mol. The minimum absolute atomic E-state index is 0.0272. The van der Waals surface area contributed by atoms with Crippen molar-refractivity contribution in [2.24, 2.45) is 0 Å². The number of hydrogen-bond acceptors (Lipinski definition) is 3. The van der Waals surface area contributed by atoms with Crippen LogP contribution in [0.4, 0.5) is 4.39 Å². The van der Waals surface area contributed by atoms with E-state index in [1.54, 1.807) is 12.1 Å². The Kier molecular flexibility index (Phi) is 4.41. The fourth-order valence-corrected chi connectivity index (χ4v) is 3.12. The number of fused-ring (bicyclic) bond motifs is 1. The van der Waals surface area contributed by atoms with Crippen LogP contribution in [-0.4, -0.2) is 20.8 Å². The number of halogens is 1. The van der Waals surface area contributed by atoms with Crippen molar-refractivity contribution in [1.82, 2.24) is 9.38 Å². The van der Waals surface area contributed by atoms with Gasteiger partial charge in [-0.2, -0.15) is 5.26 Å². The van der Waals surface area contributed by atoms with Gasteiger partial charge in [-0.15, -0.1) is 0 Å². The van der Waals surface area contributed by atoms with Crippen molar-refractivity contribution in [1.29, 1.82) is 5.26 Å². The molecular formula is C22H16FN3O. The SMILES string of the molecule is N#Cc1cccc(-c2cn3cc(-c4cccc(CC(O)F)c4)ccc3n2)c1. The molecule has 27 heavy (non-hydrogen) atoms. The molecule has 4 aromatic rings. The lowest BCUT2D eigenvalue weighted by Crippen LogP contribution is -2.02. The number of nitrogens with zero attached hydrogens (tertiary/aromatic N) is 3. The standard InChI is InChI=1S/C22H16FN3O/c23-21(27)11-15-3-1-5-17(9-15)19-7-8-22-25-20(14-26(22)13-19)18-6-2-4-16(10-18)12-24/h1-10,13-14,21,27H,11H2. The van der Waals surface area contributed by atoms with E-state index in [0.717, 1.165) is 33.6 Å². The first kappa shape index (κ1) is 17.0. The summed E-state index contributed by atoms with van der Waals surface area (Å²) in [6, 6.07) is 20.8. The van der Waals surface area contributed by atoms with E-state index in [1.165, 1.54) is 0 Å². The fraction of sp³-hybridized carbons (Fsp3) is 0.0909. The molecule has 0 bridgehead atoms. The van der Waals surface area contributed by atoms with E-state index in [-0.39, 0.29) is 6.42 Å². The van der Waals surface area contributed by atoms with E-state index in [1.807, 2.05) is 65.3 Å². The van der Waals surface area contributed by atoms with Gasteiger partial charge in [-0.05, 0) is 41.0 Å². The number of nitriles is 1. The lowest BCUT2D eigenvalue weighted by molar-refractivity contribution is 0.0430. The molecule has 2 aromatic heterocycles. The molecule has 0 saturated carbocycles. The Bertz CT molecular complexity index is 1160. The van der Waals surface area contributed by atoms with Gasteiger partial charge in [0, 0.05) is 24.4 Å². The fourth-order valence-electron chi connectivity index (χ4n) is 3.12. The third-order valence-corrected chi connectivity index (χ3v) is 4.40. The highest BCUT2D eigenvalue weighted by atomic mass is 19.1. The summed E-state index contributed by atoms with van der Waals surface area (Å²) < 4.78 is 14.8. The zero-order chi connectivity index (χ0) is 18.8. The molecule has 2 heterocycles. The van der Waals surface area contributed by atoms with Crippen molar-refractivity contribution in [3.63, 3.8) is 0 Å². The highest BCUT2D eigenvalue weighted by Gasteiger charge is 2.08. The van der Waals surface area contributed by atoms with E-state index in [4.69, 9.17) is 10.4 Å². The first-order chi connectivity index (χ1) is 13.1. The molecule has 1 N–H and O–H groups in total. The molecule has 4 rings (SSSR count). The lowest BCUT2D eigenvalue weighted by Gasteiger charge is -2.06. The van der Waals surface area contributed by atoms with E-state index in [0.29, 0.717) is 5.56 Å². The molecule has 0 aliphatic carbocycles. The van der Waals surface area contributed by atoms with Gasteiger partial charge in [-0.1, -0.05) is 36.4 Å². The first-order valence-electron chi connectivity index (χ1n) is 8.53. The van der Waals surface area contributed by atoms with Crippen LogP contribution in [0.1, 0.15) is 11.1 Å². The smallest absolute Gasteiger partial charge is 0.200 e. The topological polar surface area (TPSA) is 61.3 Å². The quantitative estimate of drug-likeness (QED) is 0.590. The number of benzene rings is 2. The molecule has 0 spiro atoms. The maximum atomic E-state index is 12.9. The summed E-state index contributed by atoms with van der Waals surface area (Å²) >= 11 is 0. The van der Waals surface area contributed by atoms with Crippen LogP contribution in [0.25, 0.3) is 28.0 Å². The van der Waals surface area contributed by atoms with Crippen LogP contribution in [0.5, 0.6) is 0 Å². The largest absolute Gasteiger partial charge is 0.364 e. The van der Waals surface area contributed by atoms with Gasteiger partial charge in [0.05, 0.1) is 17.3 Å². The van der Waals surface area contributed by atoms with Crippen LogP contribution < -0.4 is 0 Å². The van der Waals surface area contributed by atoms with E-state index < -0.39 is 6.36 Å². The zero-order valence-electron chi connectivity index (χ0n) is 14.4. The average molecular weight is 357 g/mol. The Labute approximate surface area is 155 Å². The number of aliphatic hydroxyl groups is 1. The monoisotopic (exact) mass is 357 g/mol. The van der Waals surface area contributed by atoms with Crippen LogP contribution in [0, 0.1) is 11.3 Å². The van der Waals surface area contributed by atoms with Gasteiger partial charge in [-0.3, -0.25) is 0 Å². The molecule has 1 atom stereocenters. The van der Waals surface area contributed by atoms with Gasteiger partial charge in [0.1, 0.15) is 5.65 Å². The van der Waals surface area contributed by atoms with Crippen LogP contribution >= 0.6 is 0 Å². The summed E-state index contributed by atoms with van der Waals surface area (Å²) in [5, 5.41) is 18.0. The number of alkyl halides is 1.